The average molecular weight is 247 g/mol. The minimum absolute atomic E-state index is 1.04. The Bertz CT molecular complexity index is 361. The van der Waals surface area contributed by atoms with Crippen LogP contribution in [0.3, 0.4) is 0 Å². The molecule has 1 aromatic rings. The maximum Gasteiger partial charge on any atom is 0.0400 e. The van der Waals surface area contributed by atoms with E-state index in [1.807, 2.05) is 0 Å². The smallest absolute Gasteiger partial charge is 0.0400 e. The van der Waals surface area contributed by atoms with Gasteiger partial charge in [0, 0.05) is 45.0 Å². The second kappa shape index (κ2) is 6.21. The number of piperazine rings is 1. The number of aryl methyl sites for hydroxylation is 2. The fourth-order valence-corrected chi connectivity index (χ4v) is 2.50. The van der Waals surface area contributed by atoms with Crippen molar-refractivity contribution in [1.82, 2.24) is 9.80 Å². The van der Waals surface area contributed by atoms with Gasteiger partial charge in [0.2, 0.25) is 0 Å². The molecule has 3 heteroatoms. The molecule has 18 heavy (non-hydrogen) atoms. The van der Waals surface area contributed by atoms with Gasteiger partial charge in [0.15, 0.2) is 0 Å². The van der Waals surface area contributed by atoms with E-state index in [0.717, 1.165) is 13.1 Å². The van der Waals surface area contributed by atoms with Crippen LogP contribution < -0.4 is 5.32 Å². The van der Waals surface area contributed by atoms with Crippen molar-refractivity contribution in [1.29, 1.82) is 0 Å². The van der Waals surface area contributed by atoms with Crippen LogP contribution in [0.4, 0.5) is 5.69 Å². The van der Waals surface area contributed by atoms with Crippen molar-refractivity contribution in [2.45, 2.75) is 13.8 Å². The van der Waals surface area contributed by atoms with E-state index in [-0.39, 0.29) is 0 Å². The fraction of sp³-hybridized carbons (Fsp3) is 0.600. The van der Waals surface area contributed by atoms with Crippen LogP contribution in [0.5, 0.6) is 0 Å². The molecule has 1 aromatic carbocycles. The predicted molar refractivity (Wildman–Crippen MR) is 78.3 cm³/mol. The molecule has 1 heterocycles. The summed E-state index contributed by atoms with van der Waals surface area (Å²) in [5.74, 6) is 0. The summed E-state index contributed by atoms with van der Waals surface area (Å²) in [7, 11) is 2.20. The number of rotatable bonds is 4. The van der Waals surface area contributed by atoms with Gasteiger partial charge in [-0.05, 0) is 32.0 Å². The summed E-state index contributed by atoms with van der Waals surface area (Å²) in [6, 6.07) is 6.46. The minimum atomic E-state index is 1.04. The van der Waals surface area contributed by atoms with Gasteiger partial charge < -0.3 is 10.2 Å². The second-order valence-corrected chi connectivity index (χ2v) is 5.34. The highest BCUT2D eigenvalue weighted by molar-refractivity contribution is 5.56. The monoisotopic (exact) mass is 247 g/mol. The molecule has 3 nitrogen and oxygen atoms in total. The topological polar surface area (TPSA) is 18.5 Å². The Kier molecular flexibility index (Phi) is 4.61. The number of para-hydroxylation sites is 1. The van der Waals surface area contributed by atoms with Gasteiger partial charge >= 0.3 is 0 Å². The number of likely N-dealkylation sites (N-methyl/N-ethyl adjacent to an activating group) is 1. The number of hydrogen-bond acceptors (Lipinski definition) is 3. The molecule has 100 valence electrons. The Labute approximate surface area is 111 Å². The Morgan fingerprint density at radius 2 is 1.67 bits per heavy atom. The first-order valence-corrected chi connectivity index (χ1v) is 6.88. The maximum atomic E-state index is 3.58. The normalized spacial score (nSPS) is 17.9. The zero-order valence-corrected chi connectivity index (χ0v) is 11.9. The number of nitrogens with zero attached hydrogens (tertiary/aromatic N) is 2. The molecule has 0 radical (unpaired) electrons. The van der Waals surface area contributed by atoms with Gasteiger partial charge in [0.1, 0.15) is 0 Å². The van der Waals surface area contributed by atoms with Crippen molar-refractivity contribution in [2.75, 3.05) is 51.6 Å². The lowest BCUT2D eigenvalue weighted by Gasteiger charge is -2.32. The number of nitrogens with one attached hydrogen (secondary N) is 1. The largest absolute Gasteiger partial charge is 0.383 e. The molecule has 1 aliphatic rings. The van der Waals surface area contributed by atoms with Gasteiger partial charge in [0.25, 0.3) is 0 Å². The van der Waals surface area contributed by atoms with Crippen LogP contribution in [-0.4, -0.2) is 56.1 Å². The third-order valence-electron chi connectivity index (χ3n) is 3.81. The highest BCUT2D eigenvalue weighted by Gasteiger charge is 2.12. The molecule has 0 bridgehead atoms. The quantitative estimate of drug-likeness (QED) is 0.877. The van der Waals surface area contributed by atoms with Gasteiger partial charge in [-0.2, -0.15) is 0 Å². The molecule has 2 rings (SSSR count). The van der Waals surface area contributed by atoms with E-state index in [9.17, 15) is 0 Å². The molecule has 0 unspecified atom stereocenters. The highest BCUT2D eigenvalue weighted by atomic mass is 15.2. The Morgan fingerprint density at radius 3 is 2.28 bits per heavy atom. The summed E-state index contributed by atoms with van der Waals surface area (Å²) >= 11 is 0. The summed E-state index contributed by atoms with van der Waals surface area (Å²) in [5, 5.41) is 3.58. The molecule has 0 amide bonds. The van der Waals surface area contributed by atoms with Crippen LogP contribution in [0.15, 0.2) is 18.2 Å². The van der Waals surface area contributed by atoms with Crippen LogP contribution in [0.2, 0.25) is 0 Å². The first kappa shape index (κ1) is 13.4. The van der Waals surface area contributed by atoms with E-state index >= 15 is 0 Å². The van der Waals surface area contributed by atoms with Gasteiger partial charge in [0.05, 0.1) is 0 Å². The van der Waals surface area contributed by atoms with Gasteiger partial charge in [-0.3, -0.25) is 4.90 Å². The second-order valence-electron chi connectivity index (χ2n) is 5.34. The fourth-order valence-electron chi connectivity index (χ4n) is 2.50. The van der Waals surface area contributed by atoms with Crippen LogP contribution in [0, 0.1) is 13.8 Å². The highest BCUT2D eigenvalue weighted by Crippen LogP contribution is 2.18. The van der Waals surface area contributed by atoms with Crippen molar-refractivity contribution >= 4 is 5.69 Å². The first-order chi connectivity index (χ1) is 8.66. The lowest BCUT2D eigenvalue weighted by molar-refractivity contribution is 0.158. The lowest BCUT2D eigenvalue weighted by atomic mass is 10.1. The van der Waals surface area contributed by atoms with E-state index < -0.39 is 0 Å². The molecular formula is C15H25N3. The van der Waals surface area contributed by atoms with Gasteiger partial charge in [-0.15, -0.1) is 0 Å². The van der Waals surface area contributed by atoms with Gasteiger partial charge in [-0.25, -0.2) is 0 Å². The zero-order valence-electron chi connectivity index (χ0n) is 11.9. The van der Waals surface area contributed by atoms with E-state index in [0.29, 0.717) is 0 Å². The van der Waals surface area contributed by atoms with E-state index in [1.165, 1.54) is 43.0 Å². The molecule has 1 N–H and O–H groups in total. The zero-order chi connectivity index (χ0) is 13.0. The molecule has 0 aliphatic carbocycles. The molecule has 0 atom stereocenters. The van der Waals surface area contributed by atoms with E-state index in [1.54, 1.807) is 0 Å². The van der Waals surface area contributed by atoms with Crippen LogP contribution >= 0.6 is 0 Å². The van der Waals surface area contributed by atoms with E-state index in [2.05, 4.69) is 54.2 Å². The molecule has 0 spiro atoms. The Balaban J connectivity index is 1.78. The third-order valence-corrected chi connectivity index (χ3v) is 3.81. The lowest BCUT2D eigenvalue weighted by Crippen LogP contribution is -2.45. The molecule has 1 saturated heterocycles. The van der Waals surface area contributed by atoms with E-state index in [4.69, 9.17) is 0 Å². The SMILES string of the molecule is Cc1cccc(C)c1NCCN1CCN(C)CC1. The van der Waals surface area contributed by atoms with Crippen LogP contribution in [0.1, 0.15) is 11.1 Å². The number of anilines is 1. The predicted octanol–water partition coefficient (Wildman–Crippen LogP) is 1.96. The summed E-state index contributed by atoms with van der Waals surface area (Å²) in [6.07, 6.45) is 0. The molecule has 0 saturated carbocycles. The van der Waals surface area contributed by atoms with Crippen molar-refractivity contribution in [3.63, 3.8) is 0 Å². The van der Waals surface area contributed by atoms with Gasteiger partial charge in [-0.1, -0.05) is 18.2 Å². The van der Waals surface area contributed by atoms with Crippen molar-refractivity contribution in [3.8, 4) is 0 Å². The first-order valence-electron chi connectivity index (χ1n) is 6.88. The molecule has 1 aliphatic heterocycles. The van der Waals surface area contributed by atoms with Crippen molar-refractivity contribution < 1.29 is 0 Å². The number of hydrogen-bond donors (Lipinski definition) is 1. The Morgan fingerprint density at radius 1 is 1.06 bits per heavy atom. The Hall–Kier alpha value is -1.06. The summed E-state index contributed by atoms with van der Waals surface area (Å²) < 4.78 is 0. The third kappa shape index (κ3) is 3.47. The summed E-state index contributed by atoms with van der Waals surface area (Å²) in [5.41, 5.74) is 3.99. The summed E-state index contributed by atoms with van der Waals surface area (Å²) in [4.78, 5) is 4.94. The number of benzene rings is 1. The average Bonchev–Trinajstić information content (AvgIpc) is 2.35. The van der Waals surface area contributed by atoms with Crippen molar-refractivity contribution in [3.05, 3.63) is 29.3 Å². The maximum absolute atomic E-state index is 3.58. The van der Waals surface area contributed by atoms with Crippen LogP contribution in [-0.2, 0) is 0 Å². The van der Waals surface area contributed by atoms with Crippen LogP contribution in [0.25, 0.3) is 0 Å². The minimum Gasteiger partial charge on any atom is -0.383 e. The molecule has 0 aromatic heterocycles. The van der Waals surface area contributed by atoms with Crippen molar-refractivity contribution in [2.24, 2.45) is 0 Å². The molecular weight excluding hydrogens is 222 g/mol. The standard InChI is InChI=1S/C15H25N3/c1-13-5-4-6-14(2)15(13)16-7-8-18-11-9-17(3)10-12-18/h4-6,16H,7-12H2,1-3H3. The summed E-state index contributed by atoms with van der Waals surface area (Å²) in [6.45, 7) is 11.3. The molecule has 1 fully saturated rings.